The van der Waals surface area contributed by atoms with E-state index in [4.69, 9.17) is 0 Å². The van der Waals surface area contributed by atoms with Crippen molar-refractivity contribution in [1.29, 1.82) is 0 Å². The summed E-state index contributed by atoms with van der Waals surface area (Å²) in [5.74, 6) is 0. The molecular formula is C13H20N2O. The molecule has 2 rings (SSSR count). The van der Waals surface area contributed by atoms with Gasteiger partial charge in [0.2, 0.25) is 0 Å². The number of aryl methyl sites for hydroxylation is 1. The van der Waals surface area contributed by atoms with Gasteiger partial charge in [0.1, 0.15) is 0 Å². The van der Waals surface area contributed by atoms with Gasteiger partial charge in [-0.25, -0.2) is 4.79 Å². The molecule has 2 amide bonds. The molecule has 16 heavy (non-hydrogen) atoms. The van der Waals surface area contributed by atoms with Crippen LogP contribution >= 0.6 is 0 Å². The normalized spacial score (nSPS) is 14.9. The highest BCUT2D eigenvalue weighted by Gasteiger charge is 2.18. The van der Waals surface area contributed by atoms with E-state index in [1.165, 1.54) is 5.56 Å². The zero-order chi connectivity index (χ0) is 12.0. The quantitative estimate of drug-likeness (QED) is 0.775. The van der Waals surface area contributed by atoms with Crippen LogP contribution in [0.25, 0.3) is 0 Å². The average Bonchev–Trinajstić information content (AvgIpc) is 2.34. The van der Waals surface area contributed by atoms with E-state index < -0.39 is 0 Å². The van der Waals surface area contributed by atoms with E-state index >= 15 is 0 Å². The van der Waals surface area contributed by atoms with Gasteiger partial charge in [0.25, 0.3) is 0 Å². The predicted molar refractivity (Wildman–Crippen MR) is 67.9 cm³/mol. The van der Waals surface area contributed by atoms with Crippen molar-refractivity contribution in [3.05, 3.63) is 29.8 Å². The third-order valence-electron chi connectivity index (χ3n) is 2.43. The van der Waals surface area contributed by atoms with Crippen molar-refractivity contribution in [2.75, 3.05) is 18.0 Å². The molecule has 0 atom stereocenters. The maximum absolute atomic E-state index is 11.5. The van der Waals surface area contributed by atoms with Crippen LogP contribution in [0.4, 0.5) is 10.5 Å². The molecule has 88 valence electrons. The van der Waals surface area contributed by atoms with Gasteiger partial charge in [-0.15, -0.1) is 0 Å². The van der Waals surface area contributed by atoms with Crippen molar-refractivity contribution >= 4 is 11.7 Å². The number of carbonyl (C=O) groups excluding carboxylic acids is 1. The Kier molecular flexibility index (Phi) is 4.83. The molecular weight excluding hydrogens is 200 g/mol. The van der Waals surface area contributed by atoms with Gasteiger partial charge in [-0.3, -0.25) is 4.90 Å². The Bertz CT molecular complexity index is 332. The summed E-state index contributed by atoms with van der Waals surface area (Å²) in [7, 11) is 0. The highest BCUT2D eigenvalue weighted by atomic mass is 16.2. The number of nitrogens with one attached hydrogen (secondary N) is 1. The number of benzene rings is 1. The fourth-order valence-corrected chi connectivity index (χ4v) is 1.60. The molecule has 0 bridgehead atoms. The molecule has 1 saturated heterocycles. The summed E-state index contributed by atoms with van der Waals surface area (Å²) in [5, 5.41) is 2.83. The van der Waals surface area contributed by atoms with Gasteiger partial charge < -0.3 is 5.32 Å². The maximum atomic E-state index is 11.5. The van der Waals surface area contributed by atoms with Crippen molar-refractivity contribution in [2.45, 2.75) is 27.2 Å². The summed E-state index contributed by atoms with van der Waals surface area (Å²) in [4.78, 5) is 13.3. The van der Waals surface area contributed by atoms with Crippen LogP contribution in [0.1, 0.15) is 25.8 Å². The largest absolute Gasteiger partial charge is 0.338 e. The van der Waals surface area contributed by atoms with Crippen molar-refractivity contribution in [3.63, 3.8) is 0 Å². The Morgan fingerprint density at radius 1 is 1.19 bits per heavy atom. The van der Waals surface area contributed by atoms with Crippen molar-refractivity contribution in [2.24, 2.45) is 0 Å². The summed E-state index contributed by atoms with van der Waals surface area (Å²) >= 11 is 0. The zero-order valence-corrected chi connectivity index (χ0v) is 10.3. The number of carbonyl (C=O) groups is 1. The standard InChI is InChI=1S/C11H14N2O.C2H6/c1-9-3-5-10(6-4-9)13-8-2-7-12-11(13)14;1-2/h3-6H,2,7-8H2,1H3,(H,12,14);1-2H3. The van der Waals surface area contributed by atoms with Crippen molar-refractivity contribution in [3.8, 4) is 0 Å². The summed E-state index contributed by atoms with van der Waals surface area (Å²) in [6.45, 7) is 7.65. The Balaban J connectivity index is 0.000000606. The molecule has 1 N–H and O–H groups in total. The summed E-state index contributed by atoms with van der Waals surface area (Å²) in [5.41, 5.74) is 2.19. The summed E-state index contributed by atoms with van der Waals surface area (Å²) < 4.78 is 0. The summed E-state index contributed by atoms with van der Waals surface area (Å²) in [6.07, 6.45) is 1.01. The number of hydrogen-bond donors (Lipinski definition) is 1. The van der Waals surface area contributed by atoms with E-state index in [-0.39, 0.29) is 6.03 Å². The van der Waals surface area contributed by atoms with Crippen LogP contribution in [0, 0.1) is 6.92 Å². The van der Waals surface area contributed by atoms with E-state index in [1.807, 2.05) is 45.0 Å². The fourth-order valence-electron chi connectivity index (χ4n) is 1.60. The van der Waals surface area contributed by atoms with E-state index in [0.717, 1.165) is 25.2 Å². The van der Waals surface area contributed by atoms with Crippen molar-refractivity contribution in [1.82, 2.24) is 5.32 Å². The first kappa shape index (κ1) is 12.6. The number of rotatable bonds is 1. The lowest BCUT2D eigenvalue weighted by Gasteiger charge is -2.27. The highest BCUT2D eigenvalue weighted by molar-refractivity contribution is 5.92. The van der Waals surface area contributed by atoms with Crippen LogP contribution in [0.2, 0.25) is 0 Å². The topological polar surface area (TPSA) is 32.3 Å². The maximum Gasteiger partial charge on any atom is 0.321 e. The van der Waals surface area contributed by atoms with Gasteiger partial charge >= 0.3 is 6.03 Å². The van der Waals surface area contributed by atoms with Gasteiger partial charge in [-0.2, -0.15) is 0 Å². The van der Waals surface area contributed by atoms with Gasteiger partial charge in [0.05, 0.1) is 0 Å². The smallest absolute Gasteiger partial charge is 0.321 e. The van der Waals surface area contributed by atoms with Crippen LogP contribution in [0.5, 0.6) is 0 Å². The SMILES string of the molecule is CC.Cc1ccc(N2CCCNC2=O)cc1. The molecule has 0 saturated carbocycles. The van der Waals surface area contributed by atoms with E-state index in [0.29, 0.717) is 0 Å². The molecule has 0 spiro atoms. The Morgan fingerprint density at radius 3 is 2.38 bits per heavy atom. The number of amides is 2. The highest BCUT2D eigenvalue weighted by Crippen LogP contribution is 2.16. The molecule has 1 aromatic rings. The lowest BCUT2D eigenvalue weighted by molar-refractivity contribution is 0.243. The minimum Gasteiger partial charge on any atom is -0.338 e. The van der Waals surface area contributed by atoms with Crippen LogP contribution < -0.4 is 10.2 Å². The predicted octanol–water partition coefficient (Wildman–Crippen LogP) is 2.94. The molecule has 1 aliphatic heterocycles. The molecule has 3 heteroatoms. The van der Waals surface area contributed by atoms with Crippen LogP contribution in [0.3, 0.4) is 0 Å². The van der Waals surface area contributed by atoms with E-state index in [1.54, 1.807) is 4.90 Å². The lowest BCUT2D eigenvalue weighted by Crippen LogP contribution is -2.46. The van der Waals surface area contributed by atoms with E-state index in [2.05, 4.69) is 5.32 Å². The van der Waals surface area contributed by atoms with Crippen LogP contribution in [-0.4, -0.2) is 19.1 Å². The second kappa shape index (κ2) is 6.16. The molecule has 1 aromatic carbocycles. The molecule has 0 radical (unpaired) electrons. The third kappa shape index (κ3) is 2.99. The minimum atomic E-state index is 0.0140. The number of anilines is 1. The minimum absolute atomic E-state index is 0.0140. The molecule has 1 fully saturated rings. The number of nitrogens with zero attached hydrogens (tertiary/aromatic N) is 1. The summed E-state index contributed by atoms with van der Waals surface area (Å²) in [6, 6.07) is 8.04. The van der Waals surface area contributed by atoms with Gasteiger partial charge in [-0.1, -0.05) is 31.5 Å². The first-order valence-electron chi connectivity index (χ1n) is 5.89. The first-order valence-corrected chi connectivity index (χ1v) is 5.89. The number of hydrogen-bond acceptors (Lipinski definition) is 1. The second-order valence-electron chi connectivity index (χ2n) is 3.57. The Hall–Kier alpha value is -1.51. The molecule has 0 aliphatic carbocycles. The van der Waals surface area contributed by atoms with Crippen LogP contribution in [0.15, 0.2) is 24.3 Å². The average molecular weight is 220 g/mol. The van der Waals surface area contributed by atoms with Crippen molar-refractivity contribution < 1.29 is 4.79 Å². The number of urea groups is 1. The second-order valence-corrected chi connectivity index (χ2v) is 3.57. The lowest BCUT2D eigenvalue weighted by atomic mass is 10.2. The van der Waals surface area contributed by atoms with Gasteiger partial charge in [0.15, 0.2) is 0 Å². The Morgan fingerprint density at radius 2 is 1.81 bits per heavy atom. The van der Waals surface area contributed by atoms with Gasteiger partial charge in [-0.05, 0) is 25.5 Å². The zero-order valence-electron chi connectivity index (χ0n) is 10.3. The molecule has 1 heterocycles. The molecule has 0 unspecified atom stereocenters. The van der Waals surface area contributed by atoms with Crippen LogP contribution in [-0.2, 0) is 0 Å². The monoisotopic (exact) mass is 220 g/mol. The molecule has 3 nitrogen and oxygen atoms in total. The first-order chi connectivity index (χ1) is 7.77. The molecule has 1 aliphatic rings. The van der Waals surface area contributed by atoms with E-state index in [9.17, 15) is 4.79 Å². The molecule has 0 aromatic heterocycles. The third-order valence-corrected chi connectivity index (χ3v) is 2.43. The van der Waals surface area contributed by atoms with Gasteiger partial charge in [0, 0.05) is 18.8 Å². The Labute approximate surface area is 97.5 Å². The fraction of sp³-hybridized carbons (Fsp3) is 0.462.